The van der Waals surface area contributed by atoms with Crippen LogP contribution in [0.1, 0.15) is 12.1 Å². The van der Waals surface area contributed by atoms with Crippen molar-refractivity contribution >= 4 is 11.8 Å². The molecule has 1 atom stereocenters. The summed E-state index contributed by atoms with van der Waals surface area (Å²) < 4.78 is 1.42. The number of nitrogens with one attached hydrogen (secondary N) is 2. The number of aromatic nitrogens is 3. The molecule has 2 rings (SSSR count). The molecule has 1 unspecified atom stereocenters. The SMILES string of the molecule is NCc1cn(CC(=O)NC2CNC(=O)C2)nn1. The van der Waals surface area contributed by atoms with Gasteiger partial charge in [0.15, 0.2) is 0 Å². The first kappa shape index (κ1) is 11.5. The number of nitrogens with zero attached hydrogens (tertiary/aromatic N) is 3. The summed E-state index contributed by atoms with van der Waals surface area (Å²) in [4.78, 5) is 22.5. The van der Waals surface area contributed by atoms with Gasteiger partial charge in [-0.1, -0.05) is 5.21 Å². The number of carbonyl (C=O) groups is 2. The highest BCUT2D eigenvalue weighted by atomic mass is 16.2. The second kappa shape index (κ2) is 4.91. The van der Waals surface area contributed by atoms with Crippen molar-refractivity contribution in [2.45, 2.75) is 25.6 Å². The fraction of sp³-hybridized carbons (Fsp3) is 0.556. The zero-order chi connectivity index (χ0) is 12.3. The fourth-order valence-electron chi connectivity index (χ4n) is 1.64. The second-order valence-corrected chi connectivity index (χ2v) is 3.88. The van der Waals surface area contributed by atoms with Crippen LogP contribution in [0.15, 0.2) is 6.20 Å². The molecule has 2 heterocycles. The molecule has 2 amide bonds. The second-order valence-electron chi connectivity index (χ2n) is 3.88. The van der Waals surface area contributed by atoms with Gasteiger partial charge in [0.05, 0.1) is 17.9 Å². The molecule has 1 aliphatic rings. The van der Waals surface area contributed by atoms with Crippen molar-refractivity contribution in [3.05, 3.63) is 11.9 Å². The Hall–Kier alpha value is -1.96. The third-order valence-corrected chi connectivity index (χ3v) is 2.44. The van der Waals surface area contributed by atoms with Crippen molar-refractivity contribution in [3.8, 4) is 0 Å². The largest absolute Gasteiger partial charge is 0.354 e. The molecule has 1 aromatic heterocycles. The summed E-state index contributed by atoms with van der Waals surface area (Å²) >= 11 is 0. The van der Waals surface area contributed by atoms with Crippen molar-refractivity contribution in [2.24, 2.45) is 5.73 Å². The lowest BCUT2D eigenvalue weighted by atomic mass is 10.2. The summed E-state index contributed by atoms with van der Waals surface area (Å²) in [6.07, 6.45) is 1.95. The Balaban J connectivity index is 1.82. The van der Waals surface area contributed by atoms with Crippen LogP contribution in [0.25, 0.3) is 0 Å². The predicted molar refractivity (Wildman–Crippen MR) is 57.5 cm³/mol. The zero-order valence-corrected chi connectivity index (χ0v) is 9.22. The minimum Gasteiger partial charge on any atom is -0.354 e. The molecule has 8 nitrogen and oxygen atoms in total. The van der Waals surface area contributed by atoms with Crippen molar-refractivity contribution in [2.75, 3.05) is 6.54 Å². The third kappa shape index (κ3) is 3.00. The molecule has 0 aromatic carbocycles. The van der Waals surface area contributed by atoms with E-state index in [1.165, 1.54) is 4.68 Å². The predicted octanol–water partition coefficient (Wildman–Crippen LogP) is -2.26. The van der Waals surface area contributed by atoms with Crippen LogP contribution in [0.4, 0.5) is 0 Å². The molecule has 1 aromatic rings. The van der Waals surface area contributed by atoms with Crippen LogP contribution >= 0.6 is 0 Å². The first-order valence-electron chi connectivity index (χ1n) is 5.32. The minimum absolute atomic E-state index is 0.0403. The molecule has 1 aliphatic heterocycles. The molecule has 0 radical (unpaired) electrons. The summed E-state index contributed by atoms with van der Waals surface area (Å²) in [5, 5.41) is 12.9. The summed E-state index contributed by atoms with van der Waals surface area (Å²) in [7, 11) is 0. The van der Waals surface area contributed by atoms with Crippen LogP contribution in [-0.4, -0.2) is 39.4 Å². The van der Waals surface area contributed by atoms with Gasteiger partial charge in [-0.3, -0.25) is 9.59 Å². The first-order valence-corrected chi connectivity index (χ1v) is 5.32. The van der Waals surface area contributed by atoms with Gasteiger partial charge in [0.25, 0.3) is 0 Å². The van der Waals surface area contributed by atoms with E-state index in [0.717, 1.165) is 0 Å². The van der Waals surface area contributed by atoms with E-state index in [9.17, 15) is 9.59 Å². The van der Waals surface area contributed by atoms with Crippen molar-refractivity contribution in [1.29, 1.82) is 0 Å². The molecule has 0 bridgehead atoms. The van der Waals surface area contributed by atoms with Gasteiger partial charge in [-0.2, -0.15) is 0 Å². The quantitative estimate of drug-likeness (QED) is 0.547. The van der Waals surface area contributed by atoms with Gasteiger partial charge in [0.2, 0.25) is 11.8 Å². The summed E-state index contributed by atoms with van der Waals surface area (Å²) in [5.41, 5.74) is 6.01. The number of nitrogens with two attached hydrogens (primary N) is 1. The first-order chi connectivity index (χ1) is 8.17. The molecule has 0 aliphatic carbocycles. The molecule has 0 saturated carbocycles. The number of hydrogen-bond donors (Lipinski definition) is 3. The topological polar surface area (TPSA) is 115 Å². The van der Waals surface area contributed by atoms with E-state index < -0.39 is 0 Å². The van der Waals surface area contributed by atoms with Crippen molar-refractivity contribution in [1.82, 2.24) is 25.6 Å². The highest BCUT2D eigenvalue weighted by Crippen LogP contribution is 1.99. The Kier molecular flexibility index (Phi) is 3.33. The summed E-state index contributed by atoms with van der Waals surface area (Å²) in [5.74, 6) is -0.235. The Morgan fingerprint density at radius 3 is 3.12 bits per heavy atom. The Bertz CT molecular complexity index is 429. The fourth-order valence-corrected chi connectivity index (χ4v) is 1.64. The number of amides is 2. The Labute approximate surface area is 97.5 Å². The van der Waals surface area contributed by atoms with Gasteiger partial charge in [0, 0.05) is 19.5 Å². The Morgan fingerprint density at radius 1 is 1.71 bits per heavy atom. The van der Waals surface area contributed by atoms with E-state index in [0.29, 0.717) is 25.2 Å². The van der Waals surface area contributed by atoms with Gasteiger partial charge in [0.1, 0.15) is 6.54 Å². The molecular weight excluding hydrogens is 224 g/mol. The lowest BCUT2D eigenvalue weighted by Crippen LogP contribution is -2.38. The maximum atomic E-state index is 11.6. The van der Waals surface area contributed by atoms with Crippen LogP contribution in [-0.2, 0) is 22.7 Å². The van der Waals surface area contributed by atoms with E-state index in [-0.39, 0.29) is 24.4 Å². The standard InChI is InChI=1S/C9H14N6O2/c10-2-7-4-15(14-13-7)5-9(17)12-6-1-8(16)11-3-6/h4,6H,1-3,5,10H2,(H,11,16)(H,12,17). The summed E-state index contributed by atoms with van der Waals surface area (Å²) in [6.45, 7) is 0.857. The highest BCUT2D eigenvalue weighted by Gasteiger charge is 2.22. The molecular formula is C9H14N6O2. The van der Waals surface area contributed by atoms with E-state index >= 15 is 0 Å². The van der Waals surface area contributed by atoms with Crippen LogP contribution in [0.5, 0.6) is 0 Å². The molecule has 1 fully saturated rings. The maximum Gasteiger partial charge on any atom is 0.242 e. The van der Waals surface area contributed by atoms with E-state index in [1.54, 1.807) is 6.20 Å². The number of carbonyl (C=O) groups excluding carboxylic acids is 2. The monoisotopic (exact) mass is 238 g/mol. The Morgan fingerprint density at radius 2 is 2.53 bits per heavy atom. The van der Waals surface area contributed by atoms with Gasteiger partial charge in [-0.05, 0) is 0 Å². The molecule has 4 N–H and O–H groups in total. The van der Waals surface area contributed by atoms with Crippen molar-refractivity contribution in [3.63, 3.8) is 0 Å². The lowest BCUT2D eigenvalue weighted by molar-refractivity contribution is -0.122. The molecule has 1 saturated heterocycles. The average Bonchev–Trinajstić information content (AvgIpc) is 2.88. The number of hydrogen-bond acceptors (Lipinski definition) is 5. The smallest absolute Gasteiger partial charge is 0.242 e. The van der Waals surface area contributed by atoms with Gasteiger partial charge < -0.3 is 16.4 Å². The molecule has 92 valence electrons. The van der Waals surface area contributed by atoms with E-state index in [1.807, 2.05) is 0 Å². The number of rotatable bonds is 4. The van der Waals surface area contributed by atoms with Crippen molar-refractivity contribution < 1.29 is 9.59 Å². The van der Waals surface area contributed by atoms with Gasteiger partial charge in [-0.25, -0.2) is 4.68 Å². The van der Waals surface area contributed by atoms with Gasteiger partial charge >= 0.3 is 0 Å². The zero-order valence-electron chi connectivity index (χ0n) is 9.22. The van der Waals surface area contributed by atoms with Crippen LogP contribution in [0, 0.1) is 0 Å². The molecule has 8 heteroatoms. The molecule has 0 spiro atoms. The van der Waals surface area contributed by atoms with Crippen LogP contribution < -0.4 is 16.4 Å². The minimum atomic E-state index is -0.194. The summed E-state index contributed by atoms with van der Waals surface area (Å²) in [6, 6.07) is -0.132. The lowest BCUT2D eigenvalue weighted by Gasteiger charge is -2.09. The van der Waals surface area contributed by atoms with Crippen LogP contribution in [0.3, 0.4) is 0 Å². The third-order valence-electron chi connectivity index (χ3n) is 2.44. The van der Waals surface area contributed by atoms with Crippen LogP contribution in [0.2, 0.25) is 0 Å². The van der Waals surface area contributed by atoms with E-state index in [2.05, 4.69) is 20.9 Å². The maximum absolute atomic E-state index is 11.6. The average molecular weight is 238 g/mol. The van der Waals surface area contributed by atoms with E-state index in [4.69, 9.17) is 5.73 Å². The normalized spacial score (nSPS) is 19.1. The van der Waals surface area contributed by atoms with Gasteiger partial charge in [-0.15, -0.1) is 5.10 Å². The molecule has 17 heavy (non-hydrogen) atoms. The highest BCUT2D eigenvalue weighted by molar-refractivity contribution is 5.81.